The van der Waals surface area contributed by atoms with Crippen molar-refractivity contribution in [3.8, 4) is 0 Å². The van der Waals surface area contributed by atoms with E-state index in [0.717, 1.165) is 0 Å². The first-order valence-corrected chi connectivity index (χ1v) is 11.1. The third-order valence-electron chi connectivity index (χ3n) is 4.18. The second kappa shape index (κ2) is 8.53. The Labute approximate surface area is 145 Å². The van der Waals surface area contributed by atoms with Crippen LogP contribution in [0.25, 0.3) is 6.08 Å². The highest BCUT2D eigenvalue weighted by Gasteiger charge is 2.40. The first-order valence-electron chi connectivity index (χ1n) is 8.18. The Morgan fingerprint density at radius 3 is 2.54 bits per heavy atom. The predicted molar refractivity (Wildman–Crippen MR) is 96.6 cm³/mol. The van der Waals surface area contributed by atoms with Crippen LogP contribution in [0.3, 0.4) is 0 Å². The van der Waals surface area contributed by atoms with Gasteiger partial charge in [-0.25, -0.2) is 4.39 Å². The van der Waals surface area contributed by atoms with E-state index in [-0.39, 0.29) is 18.1 Å². The third kappa shape index (κ3) is 6.17. The summed E-state index contributed by atoms with van der Waals surface area (Å²) in [6, 6.07) is 5.24. The van der Waals surface area contributed by atoms with Crippen LogP contribution >= 0.6 is 0 Å². The molecular weight excluding hydrogens is 325 g/mol. The summed E-state index contributed by atoms with van der Waals surface area (Å²) in [5, 5.41) is -0.0921. The van der Waals surface area contributed by atoms with Gasteiger partial charge in [0.2, 0.25) is 0 Å². The van der Waals surface area contributed by atoms with Crippen molar-refractivity contribution in [1.82, 2.24) is 4.98 Å². The zero-order valence-electron chi connectivity index (χ0n) is 15.4. The van der Waals surface area contributed by atoms with E-state index < -0.39 is 26.2 Å². The van der Waals surface area contributed by atoms with Crippen LogP contribution in [0.5, 0.6) is 0 Å². The highest BCUT2D eigenvalue weighted by atomic mass is 28.4. The molecule has 1 heterocycles. The summed E-state index contributed by atoms with van der Waals surface area (Å²) in [6.45, 7) is 12.3. The van der Waals surface area contributed by atoms with Crippen molar-refractivity contribution >= 4 is 20.4 Å². The van der Waals surface area contributed by atoms with Crippen LogP contribution in [0.2, 0.25) is 18.1 Å². The summed E-state index contributed by atoms with van der Waals surface area (Å²) in [5.41, 5.74) is 0.489. The number of carbonyl (C=O) groups is 1. The van der Waals surface area contributed by atoms with E-state index in [1.165, 1.54) is 6.08 Å². The second-order valence-electron chi connectivity index (χ2n) is 7.16. The van der Waals surface area contributed by atoms with Crippen molar-refractivity contribution in [3.63, 3.8) is 0 Å². The molecule has 0 aliphatic rings. The van der Waals surface area contributed by atoms with Gasteiger partial charge in [-0.1, -0.05) is 26.8 Å². The van der Waals surface area contributed by atoms with E-state index in [1.54, 1.807) is 31.3 Å². The van der Waals surface area contributed by atoms with Gasteiger partial charge in [-0.2, -0.15) is 0 Å². The second-order valence-corrected chi connectivity index (χ2v) is 11.9. The summed E-state index contributed by atoms with van der Waals surface area (Å²) in [5.74, 6) is -0.975. The summed E-state index contributed by atoms with van der Waals surface area (Å²) in [7, 11) is -2.25. The Morgan fingerprint density at radius 1 is 1.38 bits per heavy atom. The predicted octanol–water partition coefficient (Wildman–Crippen LogP) is 4.74. The number of rotatable bonds is 7. The summed E-state index contributed by atoms with van der Waals surface area (Å²) < 4.78 is 25.9. The molecular formula is C18H28FNO3Si. The molecule has 0 saturated carbocycles. The summed E-state index contributed by atoms with van der Waals surface area (Å²) in [6.07, 6.45) is 1.81. The number of pyridine rings is 1. The molecule has 1 rings (SSSR count). The van der Waals surface area contributed by atoms with Gasteiger partial charge >= 0.3 is 5.97 Å². The number of aromatic nitrogens is 1. The van der Waals surface area contributed by atoms with Crippen LogP contribution < -0.4 is 0 Å². The fourth-order valence-corrected chi connectivity index (χ4v) is 3.06. The molecule has 0 N–H and O–H groups in total. The number of ether oxygens (including phenoxy) is 1. The van der Waals surface area contributed by atoms with Crippen LogP contribution in [0.4, 0.5) is 4.39 Å². The molecule has 134 valence electrons. The molecule has 1 atom stereocenters. The average molecular weight is 354 g/mol. The molecule has 0 aromatic carbocycles. The zero-order valence-corrected chi connectivity index (χ0v) is 16.4. The molecule has 1 unspecified atom stereocenters. The molecule has 4 nitrogen and oxygen atoms in total. The van der Waals surface area contributed by atoms with Gasteiger partial charge in [0.05, 0.1) is 18.7 Å². The normalized spacial score (nSPS) is 14.4. The number of nitrogens with zero attached hydrogens (tertiary/aromatic N) is 1. The Hall–Kier alpha value is -1.53. The number of hydrogen-bond donors (Lipinski definition) is 0. The number of carbonyl (C=O) groups excluding carboxylic acids is 1. The first-order chi connectivity index (χ1) is 11.1. The van der Waals surface area contributed by atoms with Crippen LogP contribution in [0.15, 0.2) is 30.2 Å². The SMILES string of the molecule is CCOC(=O)CC(O[Si](C)(C)C(C)(C)C)C(F)=Cc1ccccn1. The molecule has 0 fully saturated rings. The molecule has 0 aliphatic carbocycles. The van der Waals surface area contributed by atoms with E-state index in [9.17, 15) is 9.18 Å². The minimum Gasteiger partial charge on any atom is -0.466 e. The minimum atomic E-state index is -2.25. The zero-order chi connectivity index (χ0) is 18.4. The average Bonchev–Trinajstić information content (AvgIpc) is 2.46. The maximum absolute atomic E-state index is 14.8. The van der Waals surface area contributed by atoms with Gasteiger partial charge in [0.15, 0.2) is 8.32 Å². The van der Waals surface area contributed by atoms with Gasteiger partial charge in [0.25, 0.3) is 0 Å². The van der Waals surface area contributed by atoms with Crippen molar-refractivity contribution in [1.29, 1.82) is 0 Å². The van der Waals surface area contributed by atoms with Crippen LogP contribution in [-0.2, 0) is 14.0 Å². The van der Waals surface area contributed by atoms with Crippen molar-refractivity contribution in [3.05, 3.63) is 35.9 Å². The molecule has 0 aliphatic heterocycles. The Bertz CT molecular complexity index is 567. The highest BCUT2D eigenvalue weighted by molar-refractivity contribution is 6.74. The van der Waals surface area contributed by atoms with E-state index in [2.05, 4.69) is 25.8 Å². The minimum absolute atomic E-state index is 0.0921. The lowest BCUT2D eigenvalue weighted by molar-refractivity contribution is -0.144. The smallest absolute Gasteiger partial charge is 0.308 e. The molecule has 0 radical (unpaired) electrons. The fourth-order valence-electron chi connectivity index (χ4n) is 1.79. The first kappa shape index (κ1) is 20.5. The monoisotopic (exact) mass is 353 g/mol. The quantitative estimate of drug-likeness (QED) is 0.525. The van der Waals surface area contributed by atoms with Crippen LogP contribution in [0.1, 0.15) is 39.8 Å². The summed E-state index contributed by atoms with van der Waals surface area (Å²) in [4.78, 5) is 15.9. The Balaban J connectivity index is 3.04. The molecule has 0 bridgehead atoms. The van der Waals surface area contributed by atoms with E-state index in [0.29, 0.717) is 5.69 Å². The van der Waals surface area contributed by atoms with Crippen LogP contribution in [-0.4, -0.2) is 32.0 Å². The lowest BCUT2D eigenvalue weighted by atomic mass is 10.2. The molecule has 0 saturated heterocycles. The van der Waals surface area contributed by atoms with Gasteiger partial charge < -0.3 is 9.16 Å². The van der Waals surface area contributed by atoms with E-state index >= 15 is 0 Å². The molecule has 24 heavy (non-hydrogen) atoms. The maximum Gasteiger partial charge on any atom is 0.308 e. The lowest BCUT2D eigenvalue weighted by Crippen LogP contribution is -2.44. The number of hydrogen-bond acceptors (Lipinski definition) is 4. The van der Waals surface area contributed by atoms with Gasteiger partial charge in [-0.05, 0) is 43.3 Å². The summed E-state index contributed by atoms with van der Waals surface area (Å²) >= 11 is 0. The van der Waals surface area contributed by atoms with Gasteiger partial charge in [-0.3, -0.25) is 9.78 Å². The fraction of sp³-hybridized carbons (Fsp3) is 0.556. The molecule has 0 amide bonds. The Morgan fingerprint density at radius 2 is 2.04 bits per heavy atom. The molecule has 1 aromatic heterocycles. The van der Waals surface area contributed by atoms with Gasteiger partial charge in [0.1, 0.15) is 11.9 Å². The van der Waals surface area contributed by atoms with Crippen molar-refractivity contribution in [2.45, 2.75) is 58.4 Å². The van der Waals surface area contributed by atoms with Crippen molar-refractivity contribution in [2.24, 2.45) is 0 Å². The number of esters is 1. The molecule has 6 heteroatoms. The molecule has 0 spiro atoms. The lowest BCUT2D eigenvalue weighted by Gasteiger charge is -2.38. The van der Waals surface area contributed by atoms with E-state index in [1.807, 2.05) is 13.1 Å². The van der Waals surface area contributed by atoms with E-state index in [4.69, 9.17) is 9.16 Å². The topological polar surface area (TPSA) is 48.4 Å². The van der Waals surface area contributed by atoms with Gasteiger partial charge in [-0.15, -0.1) is 0 Å². The Kier molecular flexibility index (Phi) is 7.29. The molecule has 1 aromatic rings. The third-order valence-corrected chi connectivity index (χ3v) is 8.67. The largest absolute Gasteiger partial charge is 0.466 e. The van der Waals surface area contributed by atoms with Crippen molar-refractivity contribution in [2.75, 3.05) is 6.61 Å². The number of halogens is 1. The standard InChI is InChI=1S/C18H28FNO3Si/c1-7-22-17(21)13-16(23-24(5,6)18(2,3)4)15(19)12-14-10-8-9-11-20-14/h8-12,16H,7,13H2,1-6H3. The van der Waals surface area contributed by atoms with Crippen molar-refractivity contribution < 1.29 is 18.3 Å². The van der Waals surface area contributed by atoms with Crippen LogP contribution in [0, 0.1) is 0 Å². The van der Waals surface area contributed by atoms with Gasteiger partial charge in [0, 0.05) is 6.20 Å². The maximum atomic E-state index is 14.8. The highest BCUT2D eigenvalue weighted by Crippen LogP contribution is 2.38.